The average molecular weight is 639 g/mol. The summed E-state index contributed by atoms with van der Waals surface area (Å²) in [4.78, 5) is 16.5. The Hall–Kier alpha value is -2.33. The van der Waals surface area contributed by atoms with E-state index < -0.39 is 0 Å². The van der Waals surface area contributed by atoms with Crippen LogP contribution in [0, 0.1) is 3.57 Å². The van der Waals surface area contributed by atoms with Gasteiger partial charge in [0.1, 0.15) is 12.3 Å². The molecule has 1 amide bonds. The number of thiocarbonyl (C=S) groups is 1. The summed E-state index contributed by atoms with van der Waals surface area (Å²) in [6, 6.07) is 18.4. The van der Waals surface area contributed by atoms with E-state index in [1.165, 1.54) is 4.90 Å². The molecule has 0 bridgehead atoms. The molecule has 0 aliphatic carbocycles. The molecule has 5 nitrogen and oxygen atoms in total. The SMILES string of the molecule is CCOc1cc(/C=C2/C(=O)N(c3ccccc3)C(=S)N2C)cc(I)c1OCc1ccc(Cl)cc1Cl. The molecule has 35 heavy (non-hydrogen) atoms. The van der Waals surface area contributed by atoms with Crippen LogP contribution in [0.15, 0.2) is 66.4 Å². The van der Waals surface area contributed by atoms with E-state index in [2.05, 4.69) is 22.6 Å². The first-order chi connectivity index (χ1) is 16.8. The van der Waals surface area contributed by atoms with Gasteiger partial charge in [0.25, 0.3) is 5.91 Å². The van der Waals surface area contributed by atoms with E-state index in [-0.39, 0.29) is 12.5 Å². The van der Waals surface area contributed by atoms with Gasteiger partial charge in [-0.2, -0.15) is 0 Å². The fourth-order valence-corrected chi connectivity index (χ4v) is 5.11. The highest BCUT2D eigenvalue weighted by Gasteiger charge is 2.36. The predicted molar refractivity (Wildman–Crippen MR) is 153 cm³/mol. The van der Waals surface area contributed by atoms with Crippen molar-refractivity contribution in [3.05, 3.63) is 91.1 Å². The van der Waals surface area contributed by atoms with Gasteiger partial charge in [0, 0.05) is 22.7 Å². The maximum absolute atomic E-state index is 13.3. The summed E-state index contributed by atoms with van der Waals surface area (Å²) < 4.78 is 12.8. The summed E-state index contributed by atoms with van der Waals surface area (Å²) in [5, 5.41) is 1.53. The average Bonchev–Trinajstić information content (AvgIpc) is 3.03. The third-order valence-corrected chi connectivity index (χ3v) is 7.14. The fraction of sp³-hybridized carbons (Fsp3) is 0.154. The van der Waals surface area contributed by atoms with Gasteiger partial charge in [0.05, 0.1) is 15.9 Å². The molecule has 0 spiro atoms. The summed E-state index contributed by atoms with van der Waals surface area (Å²) in [5.41, 5.74) is 2.81. The van der Waals surface area contributed by atoms with E-state index in [1.807, 2.05) is 61.5 Å². The first-order valence-corrected chi connectivity index (χ1v) is 13.0. The Kier molecular flexibility index (Phi) is 8.21. The van der Waals surface area contributed by atoms with E-state index >= 15 is 0 Å². The Labute approximate surface area is 233 Å². The normalized spacial score (nSPS) is 14.7. The lowest BCUT2D eigenvalue weighted by atomic mass is 10.1. The Morgan fingerprint density at radius 3 is 2.49 bits per heavy atom. The lowest BCUT2D eigenvalue weighted by Gasteiger charge is -2.16. The number of hydrogen-bond acceptors (Lipinski definition) is 4. The Balaban J connectivity index is 1.64. The number of para-hydroxylation sites is 1. The van der Waals surface area contributed by atoms with Crippen LogP contribution in [0.25, 0.3) is 6.08 Å². The van der Waals surface area contributed by atoms with Gasteiger partial charge in [-0.1, -0.05) is 47.5 Å². The minimum Gasteiger partial charge on any atom is -0.490 e. The van der Waals surface area contributed by atoms with Crippen LogP contribution in [0.2, 0.25) is 10.0 Å². The maximum atomic E-state index is 13.3. The molecule has 0 radical (unpaired) electrons. The summed E-state index contributed by atoms with van der Waals surface area (Å²) in [7, 11) is 1.79. The van der Waals surface area contributed by atoms with E-state index in [1.54, 1.807) is 24.1 Å². The van der Waals surface area contributed by atoms with Crippen molar-refractivity contribution < 1.29 is 14.3 Å². The second-order valence-corrected chi connectivity index (χ2v) is 10.0. The topological polar surface area (TPSA) is 42.0 Å². The molecule has 0 unspecified atom stereocenters. The van der Waals surface area contributed by atoms with Crippen molar-refractivity contribution in [1.29, 1.82) is 0 Å². The molecule has 1 saturated heterocycles. The zero-order chi connectivity index (χ0) is 25.1. The number of anilines is 1. The summed E-state index contributed by atoms with van der Waals surface area (Å²) in [6.45, 7) is 2.62. The molecule has 0 N–H and O–H groups in total. The lowest BCUT2D eigenvalue weighted by Crippen LogP contribution is -2.30. The number of halogens is 3. The van der Waals surface area contributed by atoms with Crippen LogP contribution >= 0.6 is 58.0 Å². The first-order valence-electron chi connectivity index (χ1n) is 10.7. The highest BCUT2D eigenvalue weighted by atomic mass is 127. The number of carbonyl (C=O) groups is 1. The second-order valence-electron chi connectivity index (χ2n) is 7.63. The molecule has 3 aromatic rings. The molecular weight excluding hydrogens is 618 g/mol. The zero-order valence-corrected chi connectivity index (χ0v) is 23.4. The Morgan fingerprint density at radius 1 is 1.06 bits per heavy atom. The van der Waals surface area contributed by atoms with Gasteiger partial charge in [-0.3, -0.25) is 9.69 Å². The van der Waals surface area contributed by atoms with Gasteiger partial charge < -0.3 is 14.4 Å². The van der Waals surface area contributed by atoms with E-state index in [0.717, 1.165) is 20.4 Å². The number of hydrogen-bond donors (Lipinski definition) is 0. The monoisotopic (exact) mass is 638 g/mol. The van der Waals surface area contributed by atoms with E-state index in [9.17, 15) is 4.79 Å². The van der Waals surface area contributed by atoms with Crippen molar-refractivity contribution in [3.8, 4) is 11.5 Å². The fourth-order valence-electron chi connectivity index (χ4n) is 3.58. The van der Waals surface area contributed by atoms with Crippen LogP contribution in [0.4, 0.5) is 5.69 Å². The van der Waals surface area contributed by atoms with Crippen LogP contribution in [-0.2, 0) is 11.4 Å². The highest BCUT2D eigenvalue weighted by Crippen LogP contribution is 2.37. The van der Waals surface area contributed by atoms with Crippen LogP contribution in [0.3, 0.4) is 0 Å². The standard InChI is InChI=1S/C26H21Cl2IN2O3S/c1-3-33-23-13-16(11-21(29)24(23)34-15-17-9-10-18(27)14-20(17)28)12-22-25(32)31(26(35)30(22)2)19-7-5-4-6-8-19/h4-14H,3,15H2,1-2H3/b22-12-. The maximum Gasteiger partial charge on any atom is 0.281 e. The largest absolute Gasteiger partial charge is 0.490 e. The number of ether oxygens (including phenoxy) is 2. The molecule has 1 aliphatic heterocycles. The number of amides is 1. The van der Waals surface area contributed by atoms with Gasteiger partial charge in [-0.25, -0.2) is 0 Å². The van der Waals surface area contributed by atoms with Crippen molar-refractivity contribution in [1.82, 2.24) is 4.90 Å². The van der Waals surface area contributed by atoms with Crippen molar-refractivity contribution in [2.75, 3.05) is 18.6 Å². The zero-order valence-electron chi connectivity index (χ0n) is 18.9. The first kappa shape index (κ1) is 25.8. The molecule has 0 atom stereocenters. The number of nitrogens with zero attached hydrogens (tertiary/aromatic N) is 2. The summed E-state index contributed by atoms with van der Waals surface area (Å²) in [6.07, 6.45) is 1.81. The minimum absolute atomic E-state index is 0.186. The molecule has 0 saturated carbocycles. The van der Waals surface area contributed by atoms with Gasteiger partial charge in [0.2, 0.25) is 0 Å². The number of likely N-dealkylation sites (N-methyl/N-ethyl adjacent to an activating group) is 1. The Bertz CT molecular complexity index is 1320. The third kappa shape index (κ3) is 5.58. The number of rotatable bonds is 7. The molecule has 4 rings (SSSR count). The smallest absolute Gasteiger partial charge is 0.281 e. The van der Waals surface area contributed by atoms with E-state index in [4.69, 9.17) is 44.9 Å². The summed E-state index contributed by atoms with van der Waals surface area (Å²) in [5.74, 6) is 0.995. The van der Waals surface area contributed by atoms with Gasteiger partial charge >= 0.3 is 0 Å². The minimum atomic E-state index is -0.186. The molecule has 180 valence electrons. The van der Waals surface area contributed by atoms with Crippen LogP contribution in [0.1, 0.15) is 18.1 Å². The lowest BCUT2D eigenvalue weighted by molar-refractivity contribution is -0.114. The molecule has 9 heteroatoms. The second kappa shape index (κ2) is 11.2. The highest BCUT2D eigenvalue weighted by molar-refractivity contribution is 14.1. The van der Waals surface area contributed by atoms with E-state index in [0.29, 0.717) is 39.0 Å². The third-order valence-electron chi connectivity index (χ3n) is 5.30. The summed E-state index contributed by atoms with van der Waals surface area (Å²) >= 11 is 20.0. The van der Waals surface area contributed by atoms with Gasteiger partial charge in [-0.15, -0.1) is 0 Å². The molecule has 3 aromatic carbocycles. The quantitative estimate of drug-likeness (QED) is 0.156. The van der Waals surface area contributed by atoms with Gasteiger partial charge in [-0.05, 0) is 89.8 Å². The number of carbonyl (C=O) groups excluding carboxylic acids is 1. The molecule has 1 aliphatic rings. The van der Waals surface area contributed by atoms with Crippen molar-refractivity contribution >= 4 is 80.8 Å². The van der Waals surface area contributed by atoms with Crippen LogP contribution in [0.5, 0.6) is 11.5 Å². The van der Waals surface area contributed by atoms with Crippen LogP contribution < -0.4 is 14.4 Å². The van der Waals surface area contributed by atoms with Crippen molar-refractivity contribution in [2.24, 2.45) is 0 Å². The van der Waals surface area contributed by atoms with Gasteiger partial charge in [0.15, 0.2) is 16.6 Å². The molecule has 0 aromatic heterocycles. The van der Waals surface area contributed by atoms with Crippen molar-refractivity contribution in [2.45, 2.75) is 13.5 Å². The van der Waals surface area contributed by atoms with Crippen molar-refractivity contribution in [3.63, 3.8) is 0 Å². The molecular formula is C26H21Cl2IN2O3S. The van der Waals surface area contributed by atoms with Crippen LogP contribution in [-0.4, -0.2) is 29.6 Å². The number of benzene rings is 3. The molecule has 1 heterocycles. The molecule has 1 fully saturated rings. The Morgan fingerprint density at radius 2 is 1.80 bits per heavy atom. The predicted octanol–water partition coefficient (Wildman–Crippen LogP) is 7.18.